The van der Waals surface area contributed by atoms with Crippen LogP contribution in [0.1, 0.15) is 24.1 Å². The zero-order valence-corrected chi connectivity index (χ0v) is 20.5. The molecule has 0 spiro atoms. The maximum absolute atomic E-state index is 9.26. The number of β-amino-alcohol motifs (C(OH)–C–C–N with tert-alkyl or cyclic N) is 1. The van der Waals surface area contributed by atoms with Crippen LogP contribution in [0.3, 0.4) is 0 Å². The van der Waals surface area contributed by atoms with E-state index < -0.39 is 0 Å². The van der Waals surface area contributed by atoms with Crippen LogP contribution in [0.25, 0.3) is 11.2 Å². The van der Waals surface area contributed by atoms with Crippen LogP contribution in [0.2, 0.25) is 10.0 Å². The van der Waals surface area contributed by atoms with Gasteiger partial charge in [0.1, 0.15) is 11.3 Å². The number of hydrogen-bond acceptors (Lipinski definition) is 6. The first-order valence-corrected chi connectivity index (χ1v) is 12.5. The maximum atomic E-state index is 9.26. The SMILES string of the molecule is C#Cc1nn(CCc2ccc(Cl)cc2Cl)c2nc(N3CC(C4CCCN(CCO)C4)C3)cnc12. The van der Waals surface area contributed by atoms with Crippen molar-refractivity contribution < 1.29 is 5.11 Å². The Morgan fingerprint density at radius 1 is 1.15 bits per heavy atom. The fraction of sp³-hybridized carbons (Fsp3) is 0.480. The predicted octanol–water partition coefficient (Wildman–Crippen LogP) is 3.50. The topological polar surface area (TPSA) is 70.3 Å². The molecular weight excluding hydrogens is 471 g/mol. The van der Waals surface area contributed by atoms with E-state index in [-0.39, 0.29) is 6.61 Å². The highest BCUT2D eigenvalue weighted by atomic mass is 35.5. The van der Waals surface area contributed by atoms with E-state index in [0.29, 0.717) is 51.7 Å². The molecule has 0 aliphatic carbocycles. The predicted molar refractivity (Wildman–Crippen MR) is 135 cm³/mol. The van der Waals surface area contributed by atoms with Crippen LogP contribution in [-0.4, -0.2) is 69.1 Å². The summed E-state index contributed by atoms with van der Waals surface area (Å²) in [5.41, 5.74) is 2.85. The van der Waals surface area contributed by atoms with Crippen molar-refractivity contribution in [3.63, 3.8) is 0 Å². The van der Waals surface area contributed by atoms with Gasteiger partial charge in [0, 0.05) is 42.8 Å². The summed E-state index contributed by atoms with van der Waals surface area (Å²) in [7, 11) is 0. The molecule has 4 heterocycles. The number of halogens is 2. The second-order valence-electron chi connectivity index (χ2n) is 9.19. The first-order valence-electron chi connectivity index (χ1n) is 11.8. The van der Waals surface area contributed by atoms with Crippen LogP contribution < -0.4 is 4.90 Å². The molecule has 2 saturated heterocycles. The van der Waals surface area contributed by atoms with Crippen molar-refractivity contribution in [3.8, 4) is 12.3 Å². The van der Waals surface area contributed by atoms with Gasteiger partial charge in [-0.2, -0.15) is 5.10 Å². The highest BCUT2D eigenvalue weighted by molar-refractivity contribution is 6.35. The Bertz CT molecular complexity index is 1210. The van der Waals surface area contributed by atoms with E-state index in [4.69, 9.17) is 34.6 Å². The largest absolute Gasteiger partial charge is 0.395 e. The minimum absolute atomic E-state index is 0.233. The third-order valence-corrected chi connectivity index (χ3v) is 7.62. The van der Waals surface area contributed by atoms with Gasteiger partial charge in [0.15, 0.2) is 11.3 Å². The lowest BCUT2D eigenvalue weighted by Gasteiger charge is -2.47. The standard InChI is InChI=1S/C25H28Cl2N6O/c1-2-22-24-25(33(30-22)9-7-17-5-6-20(26)12-21(17)27)29-23(13-28-24)32-15-19(16-32)18-4-3-8-31(14-18)10-11-34/h1,5-6,12-13,18-19,34H,3-4,7-11,14-16H2. The molecule has 0 saturated carbocycles. The molecule has 0 radical (unpaired) electrons. The number of terminal acetylenes is 1. The molecule has 1 aromatic carbocycles. The normalized spacial score (nSPS) is 19.4. The number of benzene rings is 1. The Morgan fingerprint density at radius 3 is 2.76 bits per heavy atom. The van der Waals surface area contributed by atoms with E-state index >= 15 is 0 Å². The molecule has 1 unspecified atom stereocenters. The molecular formula is C25H28Cl2N6O. The van der Waals surface area contributed by atoms with Crippen molar-refractivity contribution in [2.45, 2.75) is 25.8 Å². The molecule has 178 valence electrons. The number of aromatic nitrogens is 4. The zero-order valence-electron chi connectivity index (χ0n) is 19.0. The van der Waals surface area contributed by atoms with Crippen LogP contribution in [0.5, 0.6) is 0 Å². The fourth-order valence-electron chi connectivity index (χ4n) is 5.11. The summed E-state index contributed by atoms with van der Waals surface area (Å²) in [6, 6.07) is 5.52. The molecule has 7 nitrogen and oxygen atoms in total. The van der Waals surface area contributed by atoms with Crippen LogP contribution in [-0.2, 0) is 13.0 Å². The van der Waals surface area contributed by atoms with Crippen molar-refractivity contribution >= 4 is 40.2 Å². The zero-order chi connectivity index (χ0) is 23.7. The summed E-state index contributed by atoms with van der Waals surface area (Å²) in [6.07, 6.45) is 10.6. The molecule has 2 aromatic heterocycles. The monoisotopic (exact) mass is 498 g/mol. The van der Waals surface area contributed by atoms with Gasteiger partial charge in [-0.3, -0.25) is 0 Å². The Hall–Kier alpha value is -2.37. The number of likely N-dealkylation sites (tertiary alicyclic amines) is 1. The molecule has 5 rings (SSSR count). The van der Waals surface area contributed by atoms with Gasteiger partial charge in [-0.05, 0) is 61.3 Å². The third kappa shape index (κ3) is 4.73. The molecule has 2 aliphatic rings. The molecule has 1 N–H and O–H groups in total. The van der Waals surface area contributed by atoms with E-state index in [0.717, 1.165) is 44.1 Å². The third-order valence-electron chi connectivity index (χ3n) is 7.03. The summed E-state index contributed by atoms with van der Waals surface area (Å²) >= 11 is 12.4. The number of aliphatic hydroxyl groups excluding tert-OH is 1. The number of piperidine rings is 1. The average Bonchev–Trinajstić information content (AvgIpc) is 3.15. The van der Waals surface area contributed by atoms with E-state index in [1.54, 1.807) is 12.3 Å². The summed E-state index contributed by atoms with van der Waals surface area (Å²) in [5.74, 6) is 4.82. The second-order valence-corrected chi connectivity index (χ2v) is 10.0. The number of hydrogen-bond donors (Lipinski definition) is 1. The maximum Gasteiger partial charge on any atom is 0.180 e. The Kier molecular flexibility index (Phi) is 6.94. The van der Waals surface area contributed by atoms with Gasteiger partial charge in [-0.15, -0.1) is 6.42 Å². The van der Waals surface area contributed by atoms with Crippen molar-refractivity contribution in [1.29, 1.82) is 0 Å². The van der Waals surface area contributed by atoms with E-state index in [2.05, 4.69) is 25.8 Å². The molecule has 9 heteroatoms. The van der Waals surface area contributed by atoms with Gasteiger partial charge in [-0.1, -0.05) is 29.3 Å². The molecule has 3 aromatic rings. The average molecular weight is 499 g/mol. The van der Waals surface area contributed by atoms with Crippen molar-refractivity contribution in [3.05, 3.63) is 45.7 Å². The van der Waals surface area contributed by atoms with E-state index in [1.807, 2.05) is 16.8 Å². The second kappa shape index (κ2) is 10.1. The van der Waals surface area contributed by atoms with Crippen LogP contribution >= 0.6 is 23.2 Å². The van der Waals surface area contributed by atoms with Crippen molar-refractivity contribution in [2.24, 2.45) is 11.8 Å². The van der Waals surface area contributed by atoms with Gasteiger partial charge >= 0.3 is 0 Å². The van der Waals surface area contributed by atoms with E-state index in [9.17, 15) is 5.11 Å². The van der Waals surface area contributed by atoms with Gasteiger partial charge < -0.3 is 14.9 Å². The summed E-state index contributed by atoms with van der Waals surface area (Å²) in [4.78, 5) is 14.2. The smallest absolute Gasteiger partial charge is 0.180 e. The fourth-order valence-corrected chi connectivity index (χ4v) is 5.61. The van der Waals surface area contributed by atoms with Gasteiger partial charge in [-0.25, -0.2) is 14.6 Å². The first kappa shape index (κ1) is 23.4. The van der Waals surface area contributed by atoms with Crippen LogP contribution in [0.15, 0.2) is 24.4 Å². The van der Waals surface area contributed by atoms with Crippen LogP contribution in [0.4, 0.5) is 5.82 Å². The Morgan fingerprint density at radius 2 is 2.00 bits per heavy atom. The van der Waals surface area contributed by atoms with Crippen LogP contribution in [0, 0.1) is 24.2 Å². The highest BCUT2D eigenvalue weighted by Gasteiger charge is 2.36. The summed E-state index contributed by atoms with van der Waals surface area (Å²) in [5, 5.41) is 15.1. The molecule has 2 fully saturated rings. The van der Waals surface area contributed by atoms with Gasteiger partial charge in [0.25, 0.3) is 0 Å². The number of aryl methyl sites for hydroxylation is 2. The Balaban J connectivity index is 1.30. The highest BCUT2D eigenvalue weighted by Crippen LogP contribution is 2.33. The van der Waals surface area contributed by atoms with E-state index in [1.165, 1.54) is 12.8 Å². The van der Waals surface area contributed by atoms with Crippen molar-refractivity contribution in [1.82, 2.24) is 24.6 Å². The summed E-state index contributed by atoms with van der Waals surface area (Å²) < 4.78 is 1.83. The number of fused-ring (bicyclic) bond motifs is 1. The molecule has 0 bridgehead atoms. The lowest BCUT2D eigenvalue weighted by Crippen LogP contribution is -2.54. The van der Waals surface area contributed by atoms with Gasteiger partial charge in [0.05, 0.1) is 12.8 Å². The molecule has 0 amide bonds. The van der Waals surface area contributed by atoms with Crippen molar-refractivity contribution in [2.75, 3.05) is 44.2 Å². The molecule has 2 aliphatic heterocycles. The minimum atomic E-state index is 0.233. The minimum Gasteiger partial charge on any atom is -0.395 e. The number of nitrogens with zero attached hydrogens (tertiary/aromatic N) is 6. The lowest BCUT2D eigenvalue weighted by molar-refractivity contribution is 0.101. The number of aliphatic hydroxyl groups is 1. The quantitative estimate of drug-likeness (QED) is 0.502. The lowest BCUT2D eigenvalue weighted by atomic mass is 9.80. The molecule has 34 heavy (non-hydrogen) atoms. The number of anilines is 1. The number of rotatable bonds is 7. The van der Waals surface area contributed by atoms with Gasteiger partial charge in [0.2, 0.25) is 0 Å². The summed E-state index contributed by atoms with van der Waals surface area (Å²) in [6.45, 7) is 5.73. The first-order chi connectivity index (χ1) is 16.6. The Labute approximate surface area is 209 Å². The molecule has 1 atom stereocenters.